The highest BCUT2D eigenvalue weighted by atomic mass is 16.3. The first-order valence-electron chi connectivity index (χ1n) is 7.81. The van der Waals surface area contributed by atoms with Crippen molar-refractivity contribution < 1.29 is 9.90 Å². The van der Waals surface area contributed by atoms with E-state index in [0.717, 1.165) is 23.9 Å². The number of carbonyl (C=O) groups excluding carboxylic acids is 1. The van der Waals surface area contributed by atoms with E-state index in [2.05, 4.69) is 5.32 Å². The minimum atomic E-state index is -0.518. The highest BCUT2D eigenvalue weighted by molar-refractivity contribution is 6.02. The maximum Gasteiger partial charge on any atom is 0.267 e. The van der Waals surface area contributed by atoms with Crippen LogP contribution in [0.15, 0.2) is 23.0 Å². The number of likely N-dealkylation sites (N-methyl/N-ethyl adjacent to an activating group) is 1. The molecule has 6 heteroatoms. The molecule has 1 aromatic carbocycles. The summed E-state index contributed by atoms with van der Waals surface area (Å²) in [6.07, 6.45) is 1.74. The number of para-hydroxylation sites is 1. The fraction of sp³-hybridized carbons (Fsp3) is 0.412. The predicted molar refractivity (Wildman–Crippen MR) is 89.1 cm³/mol. The molecule has 0 fully saturated rings. The summed E-state index contributed by atoms with van der Waals surface area (Å²) >= 11 is 0. The molecule has 0 aliphatic carbocycles. The monoisotopic (exact) mass is 315 g/mol. The first-order valence-corrected chi connectivity index (χ1v) is 7.81. The number of carbonyl (C=O) groups is 1. The average Bonchev–Trinajstić information content (AvgIpc) is 2.52. The van der Waals surface area contributed by atoms with Gasteiger partial charge in [0.2, 0.25) is 0 Å². The lowest BCUT2D eigenvalue weighted by atomic mass is 9.99. The van der Waals surface area contributed by atoms with E-state index >= 15 is 0 Å². The summed E-state index contributed by atoms with van der Waals surface area (Å²) in [4.78, 5) is 27.0. The van der Waals surface area contributed by atoms with Crippen molar-refractivity contribution in [3.63, 3.8) is 0 Å². The number of aromatic hydroxyl groups is 1. The molecule has 2 aromatic rings. The molecule has 0 saturated heterocycles. The van der Waals surface area contributed by atoms with Crippen LogP contribution in [0.25, 0.3) is 10.9 Å². The van der Waals surface area contributed by atoms with E-state index in [1.165, 1.54) is 0 Å². The minimum Gasteiger partial charge on any atom is -0.506 e. The zero-order valence-electron chi connectivity index (χ0n) is 13.4. The molecular weight excluding hydrogens is 294 g/mol. The quantitative estimate of drug-likeness (QED) is 0.881. The number of nitrogens with zero attached hydrogens (tertiary/aromatic N) is 2. The van der Waals surface area contributed by atoms with Crippen LogP contribution in [0.1, 0.15) is 22.3 Å². The lowest BCUT2D eigenvalue weighted by molar-refractivity contribution is 0.0946. The topological polar surface area (TPSA) is 74.6 Å². The average molecular weight is 315 g/mol. The van der Waals surface area contributed by atoms with Gasteiger partial charge in [-0.2, -0.15) is 0 Å². The highest BCUT2D eigenvalue weighted by Gasteiger charge is 2.24. The van der Waals surface area contributed by atoms with Crippen molar-refractivity contribution in [1.29, 1.82) is 0 Å². The molecule has 3 rings (SSSR count). The summed E-state index contributed by atoms with van der Waals surface area (Å²) in [5.41, 5.74) is 1.23. The van der Waals surface area contributed by atoms with Gasteiger partial charge in [-0.25, -0.2) is 0 Å². The number of benzene rings is 1. The Kier molecular flexibility index (Phi) is 4.09. The van der Waals surface area contributed by atoms with Crippen molar-refractivity contribution in [1.82, 2.24) is 14.8 Å². The normalized spacial score (nSPS) is 13.5. The predicted octanol–water partition coefficient (Wildman–Crippen LogP) is 0.945. The summed E-state index contributed by atoms with van der Waals surface area (Å²) in [6.45, 7) is 1.66. The Hall–Kier alpha value is -2.34. The smallest absolute Gasteiger partial charge is 0.267 e. The molecule has 0 atom stereocenters. The van der Waals surface area contributed by atoms with Gasteiger partial charge in [0.05, 0.1) is 5.52 Å². The lowest BCUT2D eigenvalue weighted by Gasteiger charge is -2.21. The fourth-order valence-corrected chi connectivity index (χ4v) is 3.10. The summed E-state index contributed by atoms with van der Waals surface area (Å²) in [6, 6.07) is 5.57. The molecule has 2 heterocycles. The molecule has 1 aromatic heterocycles. The molecule has 122 valence electrons. The van der Waals surface area contributed by atoms with Gasteiger partial charge < -0.3 is 19.9 Å². The molecule has 1 amide bonds. The van der Waals surface area contributed by atoms with Gasteiger partial charge in [0.1, 0.15) is 11.3 Å². The summed E-state index contributed by atoms with van der Waals surface area (Å²) < 4.78 is 1.62. The maximum absolute atomic E-state index is 12.7. The van der Waals surface area contributed by atoms with Crippen LogP contribution < -0.4 is 10.9 Å². The molecule has 1 aliphatic heterocycles. The molecule has 0 bridgehead atoms. The third-order valence-corrected chi connectivity index (χ3v) is 4.24. The Bertz CT molecular complexity index is 824. The van der Waals surface area contributed by atoms with E-state index < -0.39 is 11.5 Å². The summed E-state index contributed by atoms with van der Waals surface area (Å²) in [7, 11) is 3.81. The van der Waals surface area contributed by atoms with Gasteiger partial charge in [-0.05, 0) is 38.6 Å². The number of aryl methyl sites for hydroxylation is 2. The van der Waals surface area contributed by atoms with Crippen molar-refractivity contribution in [2.45, 2.75) is 19.4 Å². The van der Waals surface area contributed by atoms with Gasteiger partial charge >= 0.3 is 0 Å². The molecule has 2 N–H and O–H groups in total. The Morgan fingerprint density at radius 3 is 2.91 bits per heavy atom. The minimum absolute atomic E-state index is 0.157. The van der Waals surface area contributed by atoms with Gasteiger partial charge in [0, 0.05) is 25.0 Å². The Balaban J connectivity index is 2.08. The fourth-order valence-electron chi connectivity index (χ4n) is 3.10. The van der Waals surface area contributed by atoms with E-state index in [1.54, 1.807) is 10.6 Å². The van der Waals surface area contributed by atoms with Crippen molar-refractivity contribution in [3.05, 3.63) is 39.7 Å². The SMILES string of the molecule is CN(C)CCNC(=O)c1c(O)c2cccc3c2n(c1=O)CCC3. The molecule has 0 saturated carbocycles. The molecule has 23 heavy (non-hydrogen) atoms. The summed E-state index contributed by atoms with van der Waals surface area (Å²) in [5.74, 6) is -0.733. The van der Waals surface area contributed by atoms with Gasteiger partial charge in [0.25, 0.3) is 11.5 Å². The zero-order valence-corrected chi connectivity index (χ0v) is 13.4. The van der Waals surface area contributed by atoms with E-state index in [0.29, 0.717) is 25.0 Å². The third kappa shape index (κ3) is 2.70. The Morgan fingerprint density at radius 1 is 1.39 bits per heavy atom. The van der Waals surface area contributed by atoms with E-state index in [9.17, 15) is 14.7 Å². The number of hydrogen-bond donors (Lipinski definition) is 2. The van der Waals surface area contributed by atoms with Crippen LogP contribution in [-0.2, 0) is 13.0 Å². The lowest BCUT2D eigenvalue weighted by Crippen LogP contribution is -2.37. The molecule has 6 nitrogen and oxygen atoms in total. The van der Waals surface area contributed by atoms with E-state index in [1.807, 2.05) is 31.1 Å². The van der Waals surface area contributed by atoms with Crippen molar-refractivity contribution in [2.75, 3.05) is 27.2 Å². The molecule has 1 aliphatic rings. The van der Waals surface area contributed by atoms with Gasteiger partial charge in [-0.3, -0.25) is 9.59 Å². The van der Waals surface area contributed by atoms with Crippen molar-refractivity contribution >= 4 is 16.8 Å². The van der Waals surface area contributed by atoms with Gasteiger partial charge in [-0.1, -0.05) is 12.1 Å². The molecular formula is C17H21N3O3. The number of pyridine rings is 1. The van der Waals surface area contributed by atoms with Crippen molar-refractivity contribution in [2.24, 2.45) is 0 Å². The maximum atomic E-state index is 12.7. The van der Waals surface area contributed by atoms with Crippen LogP contribution >= 0.6 is 0 Å². The van der Waals surface area contributed by atoms with E-state index in [4.69, 9.17) is 0 Å². The Labute approximate surface area is 134 Å². The van der Waals surface area contributed by atoms with Crippen LogP contribution in [0.2, 0.25) is 0 Å². The second-order valence-corrected chi connectivity index (χ2v) is 6.16. The third-order valence-electron chi connectivity index (χ3n) is 4.24. The standard InChI is InChI=1S/C17H21N3O3/c1-19(2)10-8-18-16(22)13-15(21)12-7-3-5-11-6-4-9-20(14(11)12)17(13)23/h3,5,7,21H,4,6,8-10H2,1-2H3,(H,18,22). The number of hydrogen-bond acceptors (Lipinski definition) is 4. The second kappa shape index (κ2) is 6.04. The van der Waals surface area contributed by atoms with Crippen LogP contribution in [0.5, 0.6) is 5.75 Å². The van der Waals surface area contributed by atoms with Crippen LogP contribution in [0.3, 0.4) is 0 Å². The zero-order chi connectivity index (χ0) is 16.6. The molecule has 0 radical (unpaired) electrons. The molecule has 0 spiro atoms. The first kappa shape index (κ1) is 15.6. The Morgan fingerprint density at radius 2 is 2.17 bits per heavy atom. The number of aromatic nitrogens is 1. The highest BCUT2D eigenvalue weighted by Crippen LogP contribution is 2.31. The number of rotatable bonds is 4. The first-order chi connectivity index (χ1) is 11.0. The summed E-state index contributed by atoms with van der Waals surface area (Å²) in [5, 5.41) is 13.8. The van der Waals surface area contributed by atoms with Crippen LogP contribution in [-0.4, -0.2) is 47.7 Å². The van der Waals surface area contributed by atoms with Gasteiger partial charge in [0.15, 0.2) is 0 Å². The second-order valence-electron chi connectivity index (χ2n) is 6.16. The number of amides is 1. The largest absolute Gasteiger partial charge is 0.506 e. The molecule has 0 unspecified atom stereocenters. The van der Waals surface area contributed by atoms with Crippen LogP contribution in [0.4, 0.5) is 0 Å². The number of nitrogens with one attached hydrogen (secondary N) is 1. The van der Waals surface area contributed by atoms with Crippen molar-refractivity contribution in [3.8, 4) is 5.75 Å². The van der Waals surface area contributed by atoms with Gasteiger partial charge in [-0.15, -0.1) is 0 Å². The van der Waals surface area contributed by atoms with E-state index in [-0.39, 0.29) is 11.3 Å². The van der Waals surface area contributed by atoms with Crippen LogP contribution in [0, 0.1) is 0 Å².